The fourth-order valence-corrected chi connectivity index (χ4v) is 2.60. The van der Waals surface area contributed by atoms with E-state index >= 15 is 0 Å². The molecule has 0 spiro atoms. The van der Waals surface area contributed by atoms with Crippen LogP contribution in [0.1, 0.15) is 40.0 Å². The van der Waals surface area contributed by atoms with Crippen molar-refractivity contribution in [3.05, 3.63) is 46.9 Å². The number of aryl methyl sites for hydroxylation is 2. The van der Waals surface area contributed by atoms with Gasteiger partial charge in [-0.2, -0.15) is 0 Å². The Bertz CT molecular complexity index is 722. The first-order valence-corrected chi connectivity index (χ1v) is 7.47. The van der Waals surface area contributed by atoms with Crippen LogP contribution in [0.25, 0.3) is 0 Å². The second kappa shape index (κ2) is 6.34. The van der Waals surface area contributed by atoms with Crippen molar-refractivity contribution in [3.63, 3.8) is 0 Å². The van der Waals surface area contributed by atoms with Gasteiger partial charge in [-0.25, -0.2) is 0 Å². The summed E-state index contributed by atoms with van der Waals surface area (Å²) in [5, 5.41) is 13.0. The summed E-state index contributed by atoms with van der Waals surface area (Å²) in [7, 11) is 0. The highest BCUT2D eigenvalue weighted by Gasteiger charge is 2.17. The Hall–Kier alpha value is -2.47. The summed E-state index contributed by atoms with van der Waals surface area (Å²) in [5.41, 5.74) is 1.26. The van der Waals surface area contributed by atoms with Gasteiger partial charge in [0, 0.05) is 17.7 Å². The molecule has 1 aliphatic heterocycles. The SMILES string of the molecule is Cc1cc(C(O)CCNC(=O)c2ccc3c(c2)OCO3)c(C)o1. The van der Waals surface area contributed by atoms with Crippen LogP contribution in [0, 0.1) is 13.8 Å². The van der Waals surface area contributed by atoms with Gasteiger partial charge in [-0.3, -0.25) is 4.79 Å². The molecule has 1 aromatic carbocycles. The zero-order valence-electron chi connectivity index (χ0n) is 13.1. The van der Waals surface area contributed by atoms with Crippen molar-refractivity contribution in [2.24, 2.45) is 0 Å². The molecule has 0 saturated carbocycles. The monoisotopic (exact) mass is 317 g/mol. The summed E-state index contributed by atoms with van der Waals surface area (Å²) in [4.78, 5) is 12.1. The summed E-state index contributed by atoms with van der Waals surface area (Å²) in [6, 6.07) is 6.86. The van der Waals surface area contributed by atoms with Gasteiger partial charge in [0.05, 0.1) is 6.10 Å². The highest BCUT2D eigenvalue weighted by Crippen LogP contribution is 2.32. The number of furan rings is 1. The van der Waals surface area contributed by atoms with E-state index < -0.39 is 6.10 Å². The number of aliphatic hydroxyl groups is 1. The molecule has 1 aromatic heterocycles. The molecule has 0 fully saturated rings. The zero-order chi connectivity index (χ0) is 16.4. The lowest BCUT2D eigenvalue weighted by atomic mass is 10.1. The molecule has 2 aromatic rings. The number of aliphatic hydroxyl groups excluding tert-OH is 1. The number of fused-ring (bicyclic) bond motifs is 1. The molecule has 0 saturated heterocycles. The van der Waals surface area contributed by atoms with E-state index in [2.05, 4.69) is 5.32 Å². The van der Waals surface area contributed by atoms with Crippen molar-refractivity contribution in [1.82, 2.24) is 5.32 Å². The van der Waals surface area contributed by atoms with E-state index in [1.54, 1.807) is 18.2 Å². The van der Waals surface area contributed by atoms with Crippen molar-refractivity contribution in [2.75, 3.05) is 13.3 Å². The van der Waals surface area contributed by atoms with E-state index in [4.69, 9.17) is 13.9 Å². The van der Waals surface area contributed by atoms with Gasteiger partial charge >= 0.3 is 0 Å². The number of rotatable bonds is 5. The van der Waals surface area contributed by atoms with Crippen LogP contribution < -0.4 is 14.8 Å². The van der Waals surface area contributed by atoms with E-state index in [1.165, 1.54) is 0 Å². The predicted molar refractivity (Wildman–Crippen MR) is 82.7 cm³/mol. The first-order valence-electron chi connectivity index (χ1n) is 7.47. The maximum absolute atomic E-state index is 12.1. The van der Waals surface area contributed by atoms with Crippen LogP contribution >= 0.6 is 0 Å². The van der Waals surface area contributed by atoms with Crippen LogP contribution in [-0.2, 0) is 0 Å². The number of amides is 1. The quantitative estimate of drug-likeness (QED) is 0.885. The topological polar surface area (TPSA) is 80.9 Å². The van der Waals surface area contributed by atoms with E-state index in [1.807, 2.05) is 19.9 Å². The fraction of sp³-hybridized carbons (Fsp3) is 0.353. The molecule has 1 unspecified atom stereocenters. The minimum absolute atomic E-state index is 0.177. The molecule has 6 heteroatoms. The van der Waals surface area contributed by atoms with Crippen LogP contribution in [0.5, 0.6) is 11.5 Å². The molecule has 0 aliphatic carbocycles. The third-order valence-corrected chi connectivity index (χ3v) is 3.78. The molecule has 1 aliphatic rings. The standard InChI is InChI=1S/C17H19NO5/c1-10-7-13(11(2)23-10)14(19)5-6-18-17(20)12-3-4-15-16(8-12)22-9-21-15/h3-4,7-8,14,19H,5-6,9H2,1-2H3,(H,18,20). The molecule has 23 heavy (non-hydrogen) atoms. The Labute approximate surface area is 134 Å². The largest absolute Gasteiger partial charge is 0.466 e. The molecule has 1 amide bonds. The third-order valence-electron chi connectivity index (χ3n) is 3.78. The van der Waals surface area contributed by atoms with Gasteiger partial charge in [0.15, 0.2) is 11.5 Å². The number of hydrogen-bond donors (Lipinski definition) is 2. The van der Waals surface area contributed by atoms with Gasteiger partial charge in [0.2, 0.25) is 6.79 Å². The Balaban J connectivity index is 1.54. The third kappa shape index (κ3) is 3.32. The lowest BCUT2D eigenvalue weighted by Crippen LogP contribution is -2.25. The number of carbonyl (C=O) groups is 1. The van der Waals surface area contributed by atoms with Crippen molar-refractivity contribution in [3.8, 4) is 11.5 Å². The second-order valence-electron chi connectivity index (χ2n) is 5.50. The predicted octanol–water partition coefficient (Wildman–Crippen LogP) is 2.48. The Kier molecular flexibility index (Phi) is 4.25. The molecule has 0 bridgehead atoms. The van der Waals surface area contributed by atoms with Crippen LogP contribution in [0.15, 0.2) is 28.7 Å². The van der Waals surface area contributed by atoms with Crippen LogP contribution in [0.3, 0.4) is 0 Å². The van der Waals surface area contributed by atoms with Crippen LogP contribution in [0.2, 0.25) is 0 Å². The summed E-state index contributed by atoms with van der Waals surface area (Å²) in [5.74, 6) is 2.47. The average molecular weight is 317 g/mol. The number of benzene rings is 1. The summed E-state index contributed by atoms with van der Waals surface area (Å²) < 4.78 is 15.9. The van der Waals surface area contributed by atoms with Crippen molar-refractivity contribution in [1.29, 1.82) is 0 Å². The number of nitrogens with one attached hydrogen (secondary N) is 1. The lowest BCUT2D eigenvalue weighted by molar-refractivity contribution is 0.0942. The van der Waals surface area contributed by atoms with Crippen molar-refractivity contribution in [2.45, 2.75) is 26.4 Å². The summed E-state index contributed by atoms with van der Waals surface area (Å²) >= 11 is 0. The molecule has 6 nitrogen and oxygen atoms in total. The van der Waals surface area contributed by atoms with Gasteiger partial charge in [0.25, 0.3) is 5.91 Å². The lowest BCUT2D eigenvalue weighted by Gasteiger charge is -2.11. The number of ether oxygens (including phenoxy) is 2. The maximum atomic E-state index is 12.1. The first-order chi connectivity index (χ1) is 11.0. The maximum Gasteiger partial charge on any atom is 0.251 e. The van der Waals surface area contributed by atoms with E-state index in [-0.39, 0.29) is 12.7 Å². The van der Waals surface area contributed by atoms with Gasteiger partial charge < -0.3 is 24.3 Å². The molecule has 0 radical (unpaired) electrons. The smallest absolute Gasteiger partial charge is 0.251 e. The Morgan fingerprint density at radius 1 is 1.26 bits per heavy atom. The van der Waals surface area contributed by atoms with Crippen LogP contribution in [0.4, 0.5) is 0 Å². The Morgan fingerprint density at radius 2 is 2.04 bits per heavy atom. The van der Waals surface area contributed by atoms with E-state index in [0.717, 1.165) is 11.3 Å². The zero-order valence-corrected chi connectivity index (χ0v) is 13.1. The number of carbonyl (C=O) groups excluding carboxylic acids is 1. The minimum Gasteiger partial charge on any atom is -0.466 e. The van der Waals surface area contributed by atoms with Crippen molar-refractivity contribution < 1.29 is 23.8 Å². The average Bonchev–Trinajstić information content (AvgIpc) is 3.12. The number of hydrogen-bond acceptors (Lipinski definition) is 5. The fourth-order valence-electron chi connectivity index (χ4n) is 2.60. The van der Waals surface area contributed by atoms with E-state index in [9.17, 15) is 9.90 Å². The van der Waals surface area contributed by atoms with Gasteiger partial charge in [-0.1, -0.05) is 0 Å². The Morgan fingerprint density at radius 3 is 2.78 bits per heavy atom. The molecule has 122 valence electrons. The van der Waals surface area contributed by atoms with E-state index in [0.29, 0.717) is 35.8 Å². The van der Waals surface area contributed by atoms with Crippen molar-refractivity contribution >= 4 is 5.91 Å². The first kappa shape index (κ1) is 15.4. The molecular formula is C17H19NO5. The van der Waals surface area contributed by atoms with Gasteiger partial charge in [0.1, 0.15) is 11.5 Å². The molecular weight excluding hydrogens is 298 g/mol. The minimum atomic E-state index is -0.662. The summed E-state index contributed by atoms with van der Waals surface area (Å²) in [6.45, 7) is 4.19. The summed E-state index contributed by atoms with van der Waals surface area (Å²) in [6.07, 6.45) is -0.250. The molecule has 1 atom stereocenters. The molecule has 3 rings (SSSR count). The van der Waals surface area contributed by atoms with Gasteiger partial charge in [-0.15, -0.1) is 0 Å². The molecule has 2 N–H and O–H groups in total. The van der Waals surface area contributed by atoms with Gasteiger partial charge in [-0.05, 0) is 44.5 Å². The normalized spacial score (nSPS) is 13.9. The highest BCUT2D eigenvalue weighted by molar-refractivity contribution is 5.94. The van der Waals surface area contributed by atoms with Crippen LogP contribution in [-0.4, -0.2) is 24.4 Å². The molecule has 2 heterocycles. The second-order valence-corrected chi connectivity index (χ2v) is 5.50. The highest BCUT2D eigenvalue weighted by atomic mass is 16.7.